The van der Waals surface area contributed by atoms with E-state index in [0.29, 0.717) is 48.7 Å². The Labute approximate surface area is 230 Å². The zero-order valence-corrected chi connectivity index (χ0v) is 23.5. The van der Waals surface area contributed by atoms with Gasteiger partial charge in [0.2, 0.25) is 15.9 Å². The normalized spacial score (nSPS) is 19.1. The number of carbonyl (C=O) groups is 1. The van der Waals surface area contributed by atoms with Gasteiger partial charge < -0.3 is 15.0 Å². The summed E-state index contributed by atoms with van der Waals surface area (Å²) in [4.78, 5) is 15.7. The Morgan fingerprint density at radius 3 is 2.45 bits per heavy atom. The number of hydrogen-bond acceptors (Lipinski definition) is 5. The van der Waals surface area contributed by atoms with Crippen LogP contribution in [0, 0.1) is 0 Å². The van der Waals surface area contributed by atoms with Crippen LogP contribution in [0.3, 0.4) is 0 Å². The standard InChI is InChI=1S/C25H30Cl2F3N3O4S/c1-17-16-32(11-12-33(17)38(3,35)36)10-9-24(2,19-7-8-21(26)22(27)14-19)23(34)31-15-18-5-4-6-20(13-18)37-25(28,29)30/h4-8,13-14,17H,9-12,15-16H2,1-3H3,(H,31,34)/t17-,24?/m0/s1. The van der Waals surface area contributed by atoms with E-state index in [0.717, 1.165) is 0 Å². The third-order valence-corrected chi connectivity index (χ3v) is 8.78. The molecule has 2 aromatic carbocycles. The molecule has 1 unspecified atom stereocenters. The molecule has 38 heavy (non-hydrogen) atoms. The van der Waals surface area contributed by atoms with Crippen molar-refractivity contribution >= 4 is 39.1 Å². The van der Waals surface area contributed by atoms with Gasteiger partial charge in [0.1, 0.15) is 5.75 Å². The molecular formula is C25H30Cl2F3N3O4S. The molecule has 1 fully saturated rings. The van der Waals surface area contributed by atoms with Crippen LogP contribution in [0.1, 0.15) is 31.4 Å². The van der Waals surface area contributed by atoms with Crippen LogP contribution in [0.2, 0.25) is 10.0 Å². The van der Waals surface area contributed by atoms with Crippen LogP contribution in [-0.2, 0) is 26.8 Å². The quantitative estimate of drug-likeness (QED) is 0.449. The van der Waals surface area contributed by atoms with E-state index in [1.165, 1.54) is 28.8 Å². The monoisotopic (exact) mass is 595 g/mol. The minimum atomic E-state index is -4.82. The summed E-state index contributed by atoms with van der Waals surface area (Å²) in [6, 6.07) is 10.1. The average molecular weight is 596 g/mol. The van der Waals surface area contributed by atoms with Crippen molar-refractivity contribution in [2.75, 3.05) is 32.4 Å². The first kappa shape index (κ1) is 30.5. The minimum Gasteiger partial charge on any atom is -0.406 e. The molecule has 0 bridgehead atoms. The van der Waals surface area contributed by atoms with Crippen LogP contribution in [0.15, 0.2) is 42.5 Å². The number of benzene rings is 2. The smallest absolute Gasteiger partial charge is 0.406 e. The molecule has 0 saturated carbocycles. The van der Waals surface area contributed by atoms with Gasteiger partial charge in [-0.25, -0.2) is 8.42 Å². The van der Waals surface area contributed by atoms with E-state index in [9.17, 15) is 26.4 Å². The lowest BCUT2D eigenvalue weighted by Gasteiger charge is -2.40. The summed E-state index contributed by atoms with van der Waals surface area (Å²) in [6.45, 7) is 5.47. The Balaban J connectivity index is 1.76. The van der Waals surface area contributed by atoms with Gasteiger partial charge in [0.05, 0.1) is 21.7 Å². The van der Waals surface area contributed by atoms with Crippen molar-refractivity contribution in [3.05, 3.63) is 63.6 Å². The van der Waals surface area contributed by atoms with Gasteiger partial charge in [-0.2, -0.15) is 4.31 Å². The zero-order chi connectivity index (χ0) is 28.3. The lowest BCUT2D eigenvalue weighted by molar-refractivity contribution is -0.274. The van der Waals surface area contributed by atoms with E-state index in [4.69, 9.17) is 23.2 Å². The highest BCUT2D eigenvalue weighted by Gasteiger charge is 2.37. The number of sulfonamides is 1. The molecule has 1 aliphatic rings. The number of rotatable bonds is 9. The number of nitrogens with one attached hydrogen (secondary N) is 1. The van der Waals surface area contributed by atoms with Gasteiger partial charge in [-0.3, -0.25) is 4.79 Å². The van der Waals surface area contributed by atoms with E-state index in [1.54, 1.807) is 31.2 Å². The predicted octanol–water partition coefficient (Wildman–Crippen LogP) is 4.82. The van der Waals surface area contributed by atoms with Gasteiger partial charge in [-0.05, 0) is 62.2 Å². The number of halogens is 5. The van der Waals surface area contributed by atoms with Crippen LogP contribution in [0.25, 0.3) is 0 Å². The molecule has 1 N–H and O–H groups in total. The van der Waals surface area contributed by atoms with Crippen molar-refractivity contribution in [2.24, 2.45) is 0 Å². The molecule has 0 aromatic heterocycles. The van der Waals surface area contributed by atoms with Crippen LogP contribution in [0.5, 0.6) is 5.75 Å². The van der Waals surface area contributed by atoms with Crippen LogP contribution in [-0.4, -0.2) is 68.4 Å². The summed E-state index contributed by atoms with van der Waals surface area (Å²) in [6.07, 6.45) is -3.26. The Morgan fingerprint density at radius 2 is 1.84 bits per heavy atom. The summed E-state index contributed by atoms with van der Waals surface area (Å²) in [5.41, 5.74) is -0.00501. The molecule has 1 amide bonds. The maximum atomic E-state index is 13.6. The topological polar surface area (TPSA) is 79.0 Å². The molecule has 2 atom stereocenters. The second kappa shape index (κ2) is 12.0. The summed E-state index contributed by atoms with van der Waals surface area (Å²) in [5.74, 6) is -0.722. The second-order valence-electron chi connectivity index (χ2n) is 9.61. The van der Waals surface area contributed by atoms with E-state index in [-0.39, 0.29) is 29.3 Å². The first-order chi connectivity index (χ1) is 17.6. The maximum Gasteiger partial charge on any atom is 0.573 e. The number of ether oxygens (including phenoxy) is 1. The molecule has 13 heteroatoms. The summed E-state index contributed by atoms with van der Waals surface area (Å²) < 4.78 is 67.2. The summed E-state index contributed by atoms with van der Waals surface area (Å²) in [7, 11) is -3.31. The SMILES string of the molecule is C[C@H]1CN(CCC(C)(C(=O)NCc2cccc(OC(F)(F)F)c2)c2ccc(Cl)c(Cl)c2)CCN1S(C)(=O)=O. The van der Waals surface area contributed by atoms with Crippen molar-refractivity contribution in [3.8, 4) is 5.75 Å². The molecule has 1 heterocycles. The van der Waals surface area contributed by atoms with Crippen LogP contribution < -0.4 is 10.1 Å². The number of amides is 1. The van der Waals surface area contributed by atoms with Gasteiger partial charge >= 0.3 is 6.36 Å². The molecular weight excluding hydrogens is 566 g/mol. The van der Waals surface area contributed by atoms with Gasteiger partial charge in [0.15, 0.2) is 0 Å². The Morgan fingerprint density at radius 1 is 1.13 bits per heavy atom. The predicted molar refractivity (Wildman–Crippen MR) is 141 cm³/mol. The molecule has 0 aliphatic carbocycles. The van der Waals surface area contributed by atoms with E-state index < -0.39 is 21.8 Å². The van der Waals surface area contributed by atoms with Gasteiger partial charge in [0.25, 0.3) is 0 Å². The molecule has 7 nitrogen and oxygen atoms in total. The van der Waals surface area contributed by atoms with Crippen molar-refractivity contribution in [3.63, 3.8) is 0 Å². The largest absolute Gasteiger partial charge is 0.573 e. The third kappa shape index (κ3) is 7.98. The molecule has 210 valence electrons. The first-order valence-corrected chi connectivity index (χ1v) is 14.5. The van der Waals surface area contributed by atoms with E-state index >= 15 is 0 Å². The number of alkyl halides is 3. The Kier molecular flexibility index (Phi) is 9.63. The highest BCUT2D eigenvalue weighted by atomic mass is 35.5. The summed E-state index contributed by atoms with van der Waals surface area (Å²) in [5, 5.41) is 3.45. The maximum absolute atomic E-state index is 13.6. The fourth-order valence-electron chi connectivity index (χ4n) is 4.55. The fraction of sp³-hybridized carbons (Fsp3) is 0.480. The summed E-state index contributed by atoms with van der Waals surface area (Å²) >= 11 is 12.3. The molecule has 0 radical (unpaired) electrons. The number of carbonyl (C=O) groups excluding carboxylic acids is 1. The van der Waals surface area contributed by atoms with Crippen molar-refractivity contribution < 1.29 is 31.1 Å². The lowest BCUT2D eigenvalue weighted by Crippen LogP contribution is -2.54. The molecule has 3 rings (SSSR count). The van der Waals surface area contributed by atoms with Crippen molar-refractivity contribution in [1.29, 1.82) is 0 Å². The zero-order valence-electron chi connectivity index (χ0n) is 21.2. The average Bonchev–Trinajstić information content (AvgIpc) is 2.81. The lowest BCUT2D eigenvalue weighted by atomic mass is 9.78. The molecule has 1 aliphatic heterocycles. The minimum absolute atomic E-state index is 0.0190. The highest BCUT2D eigenvalue weighted by Crippen LogP contribution is 2.34. The molecule has 2 aromatic rings. The third-order valence-electron chi connectivity index (χ3n) is 6.65. The highest BCUT2D eigenvalue weighted by molar-refractivity contribution is 7.88. The van der Waals surface area contributed by atoms with Crippen LogP contribution >= 0.6 is 23.2 Å². The van der Waals surface area contributed by atoms with E-state index in [2.05, 4.69) is 15.0 Å². The Hall–Kier alpha value is -2.05. The van der Waals surface area contributed by atoms with Gasteiger partial charge in [-0.15, -0.1) is 13.2 Å². The van der Waals surface area contributed by atoms with Gasteiger partial charge in [-0.1, -0.05) is 41.4 Å². The van der Waals surface area contributed by atoms with E-state index in [1.807, 2.05) is 6.92 Å². The molecule has 1 saturated heterocycles. The number of hydrogen-bond donors (Lipinski definition) is 1. The van der Waals surface area contributed by atoms with Crippen LogP contribution in [0.4, 0.5) is 13.2 Å². The van der Waals surface area contributed by atoms with Crippen molar-refractivity contribution in [1.82, 2.24) is 14.5 Å². The fourth-order valence-corrected chi connectivity index (χ4v) is 5.98. The Bertz CT molecular complexity index is 1260. The first-order valence-electron chi connectivity index (χ1n) is 11.9. The van der Waals surface area contributed by atoms with Gasteiger partial charge in [0, 0.05) is 32.2 Å². The molecule has 0 spiro atoms. The number of nitrogens with zero attached hydrogens (tertiary/aromatic N) is 2. The van der Waals surface area contributed by atoms with Crippen molar-refractivity contribution in [2.45, 2.75) is 44.6 Å². The number of piperazine rings is 1. The second-order valence-corrected chi connectivity index (χ2v) is 12.4.